The van der Waals surface area contributed by atoms with Gasteiger partial charge in [-0.2, -0.15) is 0 Å². The summed E-state index contributed by atoms with van der Waals surface area (Å²) in [6.07, 6.45) is 8.46. The van der Waals surface area contributed by atoms with Gasteiger partial charge in [0.2, 0.25) is 0 Å². The molecule has 5 nitrogen and oxygen atoms in total. The van der Waals surface area contributed by atoms with Crippen molar-refractivity contribution in [1.29, 1.82) is 0 Å². The maximum atomic E-state index is 12.6. The molecule has 4 fully saturated rings. The highest BCUT2D eigenvalue weighted by molar-refractivity contribution is 5.87. The summed E-state index contributed by atoms with van der Waals surface area (Å²) in [5, 5.41) is 0. The first-order valence-corrected chi connectivity index (χ1v) is 11.6. The molecule has 29 heavy (non-hydrogen) atoms. The van der Waals surface area contributed by atoms with Gasteiger partial charge in [0.15, 0.2) is 0 Å². The van der Waals surface area contributed by atoms with Gasteiger partial charge in [-0.15, -0.1) is 0 Å². The van der Waals surface area contributed by atoms with Gasteiger partial charge < -0.3 is 15.3 Å². The first kappa shape index (κ1) is 21.0. The molecule has 3 unspecified atom stereocenters. The second-order valence-corrected chi connectivity index (χ2v) is 10.9. The van der Waals surface area contributed by atoms with Gasteiger partial charge in [0.1, 0.15) is 18.2 Å². The highest BCUT2D eigenvalue weighted by Crippen LogP contribution is 2.66. The van der Waals surface area contributed by atoms with Crippen LogP contribution < -0.4 is 5.73 Å². The van der Waals surface area contributed by atoms with Crippen LogP contribution in [0.4, 0.5) is 0 Å². The van der Waals surface area contributed by atoms with E-state index in [9.17, 15) is 14.4 Å². The highest BCUT2D eigenvalue weighted by atomic mass is 16.5. The van der Waals surface area contributed by atoms with E-state index in [-0.39, 0.29) is 34.7 Å². The summed E-state index contributed by atoms with van der Waals surface area (Å²) >= 11 is 0. The molecule has 4 aliphatic rings. The molecular weight excluding hydrogens is 366 g/mol. The van der Waals surface area contributed by atoms with E-state index in [4.69, 9.17) is 10.5 Å². The van der Waals surface area contributed by atoms with Crippen LogP contribution in [-0.4, -0.2) is 30.7 Å². The minimum atomic E-state index is -0.266. The van der Waals surface area contributed by atoms with E-state index < -0.39 is 0 Å². The van der Waals surface area contributed by atoms with Crippen LogP contribution >= 0.6 is 0 Å². The Morgan fingerprint density at radius 1 is 1.21 bits per heavy atom. The van der Waals surface area contributed by atoms with Crippen LogP contribution in [0.25, 0.3) is 0 Å². The van der Waals surface area contributed by atoms with Crippen LogP contribution in [-0.2, 0) is 19.1 Å². The summed E-state index contributed by atoms with van der Waals surface area (Å²) in [5.74, 6) is 1.60. The molecule has 0 aromatic carbocycles. The molecular formula is C24H37NO4. The Labute approximate surface area is 174 Å². The fraction of sp³-hybridized carbons (Fsp3) is 0.875. The van der Waals surface area contributed by atoms with Crippen LogP contribution in [0.15, 0.2) is 0 Å². The van der Waals surface area contributed by atoms with E-state index in [0.29, 0.717) is 42.4 Å². The minimum Gasteiger partial charge on any atom is -0.462 e. The molecule has 0 aromatic heterocycles. The van der Waals surface area contributed by atoms with Crippen molar-refractivity contribution in [3.05, 3.63) is 0 Å². The summed E-state index contributed by atoms with van der Waals surface area (Å²) in [6.45, 7) is 6.69. The summed E-state index contributed by atoms with van der Waals surface area (Å²) in [6, 6.07) is 0. The van der Waals surface area contributed by atoms with E-state index in [1.165, 1.54) is 6.29 Å². The van der Waals surface area contributed by atoms with E-state index in [0.717, 1.165) is 44.9 Å². The number of rotatable bonds is 4. The maximum absolute atomic E-state index is 12.6. The third-order valence-electron chi connectivity index (χ3n) is 9.64. The number of esters is 1. The monoisotopic (exact) mass is 403 g/mol. The van der Waals surface area contributed by atoms with E-state index in [1.807, 2.05) is 6.92 Å². The molecule has 162 valence electrons. The van der Waals surface area contributed by atoms with E-state index in [1.54, 1.807) is 0 Å². The third-order valence-corrected chi connectivity index (χ3v) is 9.64. The molecule has 4 aliphatic carbocycles. The molecule has 0 radical (unpaired) electrons. The number of aldehydes is 1. The number of hydrogen-bond donors (Lipinski definition) is 1. The number of nitrogens with two attached hydrogens (primary N) is 1. The lowest BCUT2D eigenvalue weighted by molar-refractivity contribution is -0.172. The second-order valence-electron chi connectivity index (χ2n) is 10.9. The standard InChI is InChI=1S/C24H37NO4/c1-14(12-25)22(28)29-17-6-8-23(2)16(11-17)10-15(13-26)21-18-4-5-20(27)24(18,3)9-7-19(21)23/h13-19,21H,4-12,25H2,1-3H3/t14?,15?,16?,17-,18-,19-,21-,23-,24-/m0/s1. The summed E-state index contributed by atoms with van der Waals surface area (Å²) < 4.78 is 5.79. The Balaban J connectivity index is 1.55. The fourth-order valence-electron chi connectivity index (χ4n) is 7.68. The SMILES string of the molecule is CC(CN)C(=O)O[C@H]1CC[C@@]2(C)C(CC(C=O)[C@@H]3[C@@H]2CC[C@]2(C)C(=O)CC[C@@H]32)C1. The molecule has 0 amide bonds. The quantitative estimate of drug-likeness (QED) is 0.573. The zero-order valence-electron chi connectivity index (χ0n) is 18.2. The van der Waals surface area contributed by atoms with Crippen molar-refractivity contribution in [1.82, 2.24) is 0 Å². The Hall–Kier alpha value is -1.23. The second kappa shape index (κ2) is 7.47. The summed E-state index contributed by atoms with van der Waals surface area (Å²) in [7, 11) is 0. The summed E-state index contributed by atoms with van der Waals surface area (Å²) in [5.41, 5.74) is 5.58. The predicted octanol–water partition coefficient (Wildman–Crippen LogP) is 3.53. The van der Waals surface area contributed by atoms with E-state index >= 15 is 0 Å². The number of fused-ring (bicyclic) bond motifs is 5. The van der Waals surface area contributed by atoms with E-state index in [2.05, 4.69) is 13.8 Å². The minimum absolute atomic E-state index is 0.0333. The molecule has 2 N–H and O–H groups in total. The van der Waals surface area contributed by atoms with Crippen molar-refractivity contribution in [2.75, 3.05) is 6.54 Å². The smallest absolute Gasteiger partial charge is 0.310 e. The molecule has 0 aromatic rings. The lowest BCUT2D eigenvalue weighted by atomic mass is 9.43. The molecule has 4 saturated carbocycles. The molecule has 0 saturated heterocycles. The van der Waals surface area contributed by atoms with Gasteiger partial charge in [0, 0.05) is 24.3 Å². The Morgan fingerprint density at radius 2 is 1.97 bits per heavy atom. The predicted molar refractivity (Wildman–Crippen MR) is 110 cm³/mol. The van der Waals surface area contributed by atoms with Crippen molar-refractivity contribution >= 4 is 18.0 Å². The molecule has 9 atom stereocenters. The number of carbonyl (C=O) groups excluding carboxylic acids is 3. The fourth-order valence-corrected chi connectivity index (χ4v) is 7.68. The van der Waals surface area contributed by atoms with Crippen LogP contribution in [0.1, 0.15) is 72.1 Å². The number of ether oxygens (including phenoxy) is 1. The average Bonchev–Trinajstić information content (AvgIpc) is 3.01. The van der Waals surface area contributed by atoms with Crippen molar-refractivity contribution < 1.29 is 19.1 Å². The van der Waals surface area contributed by atoms with Gasteiger partial charge in [-0.1, -0.05) is 20.8 Å². The summed E-state index contributed by atoms with van der Waals surface area (Å²) in [4.78, 5) is 37.0. The topological polar surface area (TPSA) is 86.5 Å². The normalized spacial score (nSPS) is 47.5. The lowest BCUT2D eigenvalue weighted by Gasteiger charge is -2.61. The van der Waals surface area contributed by atoms with Gasteiger partial charge in [0.05, 0.1) is 5.92 Å². The number of carbonyl (C=O) groups is 3. The molecule has 0 heterocycles. The highest BCUT2D eigenvalue weighted by Gasteiger charge is 2.62. The molecule has 4 rings (SSSR count). The first-order valence-electron chi connectivity index (χ1n) is 11.6. The van der Waals surface area contributed by atoms with Crippen molar-refractivity contribution in [2.45, 2.75) is 78.2 Å². The van der Waals surface area contributed by atoms with Crippen LogP contribution in [0.2, 0.25) is 0 Å². The van der Waals surface area contributed by atoms with Crippen molar-refractivity contribution in [2.24, 2.45) is 52.1 Å². The van der Waals surface area contributed by atoms with Crippen molar-refractivity contribution in [3.63, 3.8) is 0 Å². The van der Waals surface area contributed by atoms with Gasteiger partial charge in [-0.05, 0) is 74.0 Å². The number of hydrogen-bond acceptors (Lipinski definition) is 5. The maximum Gasteiger partial charge on any atom is 0.310 e. The van der Waals surface area contributed by atoms with Gasteiger partial charge in [0.25, 0.3) is 0 Å². The van der Waals surface area contributed by atoms with Crippen LogP contribution in [0.5, 0.6) is 0 Å². The van der Waals surface area contributed by atoms with Gasteiger partial charge in [-0.25, -0.2) is 0 Å². The van der Waals surface area contributed by atoms with Crippen molar-refractivity contribution in [3.8, 4) is 0 Å². The molecule has 0 spiro atoms. The molecule has 0 aliphatic heterocycles. The Bertz CT molecular complexity index is 692. The first-order chi connectivity index (χ1) is 13.7. The zero-order chi connectivity index (χ0) is 21.0. The van der Waals surface area contributed by atoms with Crippen LogP contribution in [0.3, 0.4) is 0 Å². The lowest BCUT2D eigenvalue weighted by Crippen LogP contribution is -2.57. The number of Topliss-reactive ketones (excluding diaryl/α,β-unsaturated/α-hetero) is 1. The van der Waals surface area contributed by atoms with Gasteiger partial charge >= 0.3 is 5.97 Å². The average molecular weight is 404 g/mol. The van der Waals surface area contributed by atoms with Crippen LogP contribution in [0, 0.1) is 46.3 Å². The molecule has 5 heteroatoms. The third kappa shape index (κ3) is 3.19. The number of ketones is 1. The Kier molecular flexibility index (Phi) is 5.42. The molecule has 0 bridgehead atoms. The largest absolute Gasteiger partial charge is 0.462 e. The zero-order valence-corrected chi connectivity index (χ0v) is 18.2. The van der Waals surface area contributed by atoms with Gasteiger partial charge in [-0.3, -0.25) is 9.59 Å². The Morgan fingerprint density at radius 3 is 2.66 bits per heavy atom.